The highest BCUT2D eigenvalue weighted by molar-refractivity contribution is 6.39. The number of hydrogen-bond acceptors (Lipinski definition) is 6. The first-order valence-electron chi connectivity index (χ1n) is 11.2. The molecular formula is C24H28N4O4. The van der Waals surface area contributed by atoms with Gasteiger partial charge in [0.2, 0.25) is 6.79 Å². The van der Waals surface area contributed by atoms with Gasteiger partial charge in [-0.25, -0.2) is 0 Å². The molecule has 2 aromatic carbocycles. The molecule has 3 heterocycles. The van der Waals surface area contributed by atoms with Gasteiger partial charge in [0.05, 0.1) is 6.04 Å². The van der Waals surface area contributed by atoms with Crippen molar-refractivity contribution in [2.75, 3.05) is 50.2 Å². The SMILES string of the molecule is CN1CCc2cc(C(CNC(=O)C(=O)Nc3ccc4c(c3)OCO4)N3CCCC3)ccc21. The molecule has 5 rings (SSSR count). The van der Waals surface area contributed by atoms with Crippen LogP contribution in [0.5, 0.6) is 11.5 Å². The molecule has 2 amide bonds. The van der Waals surface area contributed by atoms with Crippen LogP contribution in [0.1, 0.15) is 30.0 Å². The number of nitrogens with one attached hydrogen (secondary N) is 2. The van der Waals surface area contributed by atoms with E-state index in [0.717, 1.165) is 38.9 Å². The molecule has 0 spiro atoms. The Hall–Kier alpha value is -3.26. The number of carbonyl (C=O) groups excluding carboxylic acids is 2. The molecular weight excluding hydrogens is 408 g/mol. The molecule has 3 aliphatic heterocycles. The third-order valence-corrected chi connectivity index (χ3v) is 6.49. The van der Waals surface area contributed by atoms with E-state index in [1.807, 2.05) is 0 Å². The smallest absolute Gasteiger partial charge is 0.313 e. The molecule has 0 aliphatic carbocycles. The molecule has 0 bridgehead atoms. The Balaban J connectivity index is 1.25. The van der Waals surface area contributed by atoms with Crippen LogP contribution in [0.25, 0.3) is 0 Å². The molecule has 1 atom stereocenters. The zero-order valence-corrected chi connectivity index (χ0v) is 18.2. The largest absolute Gasteiger partial charge is 0.454 e. The van der Waals surface area contributed by atoms with E-state index in [9.17, 15) is 9.59 Å². The van der Waals surface area contributed by atoms with Crippen molar-refractivity contribution in [3.63, 3.8) is 0 Å². The summed E-state index contributed by atoms with van der Waals surface area (Å²) in [5.74, 6) is -0.159. The number of nitrogens with zero attached hydrogens (tertiary/aromatic N) is 2. The lowest BCUT2D eigenvalue weighted by Gasteiger charge is -2.28. The van der Waals surface area contributed by atoms with Crippen LogP contribution in [0.15, 0.2) is 36.4 Å². The average Bonchev–Trinajstić information content (AvgIpc) is 3.55. The van der Waals surface area contributed by atoms with Gasteiger partial charge in [0, 0.05) is 37.6 Å². The summed E-state index contributed by atoms with van der Waals surface area (Å²) in [6.07, 6.45) is 3.35. The van der Waals surface area contributed by atoms with Crippen molar-refractivity contribution in [3.05, 3.63) is 47.5 Å². The minimum absolute atomic E-state index is 0.0519. The van der Waals surface area contributed by atoms with Crippen LogP contribution >= 0.6 is 0 Å². The predicted molar refractivity (Wildman–Crippen MR) is 121 cm³/mol. The number of likely N-dealkylation sites (tertiary alicyclic amines) is 1. The third-order valence-electron chi connectivity index (χ3n) is 6.49. The number of fused-ring (bicyclic) bond motifs is 2. The minimum Gasteiger partial charge on any atom is -0.454 e. The van der Waals surface area contributed by atoms with Gasteiger partial charge in [-0.3, -0.25) is 14.5 Å². The van der Waals surface area contributed by atoms with Gasteiger partial charge in [-0.05, 0) is 61.7 Å². The molecule has 3 aliphatic rings. The maximum absolute atomic E-state index is 12.6. The quantitative estimate of drug-likeness (QED) is 0.700. The first-order valence-corrected chi connectivity index (χ1v) is 11.2. The van der Waals surface area contributed by atoms with Crippen LogP contribution in [-0.2, 0) is 16.0 Å². The summed E-state index contributed by atoms with van der Waals surface area (Å²) in [5.41, 5.74) is 4.31. The van der Waals surface area contributed by atoms with E-state index in [0.29, 0.717) is 23.7 Å². The summed E-state index contributed by atoms with van der Waals surface area (Å²) in [6.45, 7) is 3.58. The Kier molecular flexibility index (Phi) is 5.61. The first-order chi connectivity index (χ1) is 15.6. The standard InChI is InChI=1S/C24H28N4O4/c1-27-11-8-17-12-16(4-6-19(17)27)20(28-9-2-3-10-28)14-25-23(29)24(30)26-18-5-7-21-22(13-18)32-15-31-21/h4-7,12-13,20H,2-3,8-11,14-15H2,1H3,(H,25,29)(H,26,30). The van der Waals surface area contributed by atoms with E-state index in [1.54, 1.807) is 18.2 Å². The van der Waals surface area contributed by atoms with Crippen molar-refractivity contribution in [2.45, 2.75) is 25.3 Å². The molecule has 168 valence electrons. The minimum atomic E-state index is -0.695. The highest BCUT2D eigenvalue weighted by atomic mass is 16.7. The van der Waals surface area contributed by atoms with E-state index in [2.05, 4.69) is 45.7 Å². The van der Waals surface area contributed by atoms with Gasteiger partial charge in [0.1, 0.15) is 0 Å². The van der Waals surface area contributed by atoms with Crippen LogP contribution in [0.2, 0.25) is 0 Å². The molecule has 8 heteroatoms. The third kappa shape index (κ3) is 4.10. The number of benzene rings is 2. The lowest BCUT2D eigenvalue weighted by molar-refractivity contribution is -0.136. The summed E-state index contributed by atoms with van der Waals surface area (Å²) in [5, 5.41) is 5.49. The molecule has 0 saturated carbocycles. The zero-order valence-electron chi connectivity index (χ0n) is 18.2. The van der Waals surface area contributed by atoms with Gasteiger partial charge in [-0.1, -0.05) is 12.1 Å². The summed E-state index contributed by atoms with van der Waals surface area (Å²) in [6, 6.07) is 11.7. The summed E-state index contributed by atoms with van der Waals surface area (Å²) in [4.78, 5) is 29.7. The predicted octanol–water partition coefficient (Wildman–Crippen LogP) is 2.30. The topological polar surface area (TPSA) is 83.1 Å². The second-order valence-electron chi connectivity index (χ2n) is 8.55. The molecule has 32 heavy (non-hydrogen) atoms. The van der Waals surface area contributed by atoms with E-state index < -0.39 is 11.8 Å². The van der Waals surface area contributed by atoms with Gasteiger partial charge in [-0.15, -0.1) is 0 Å². The maximum atomic E-state index is 12.6. The fourth-order valence-corrected chi connectivity index (χ4v) is 4.74. The van der Waals surface area contributed by atoms with Crippen molar-refractivity contribution in [2.24, 2.45) is 0 Å². The number of carbonyl (C=O) groups is 2. The Morgan fingerprint density at radius 2 is 1.81 bits per heavy atom. The van der Waals surface area contributed by atoms with Gasteiger partial charge < -0.3 is 25.0 Å². The number of likely N-dealkylation sites (N-methyl/N-ethyl adjacent to an activating group) is 1. The highest BCUT2D eigenvalue weighted by Gasteiger charge is 2.27. The van der Waals surface area contributed by atoms with Crippen LogP contribution in [0.4, 0.5) is 11.4 Å². The molecule has 1 saturated heterocycles. The summed E-state index contributed by atoms with van der Waals surface area (Å²) >= 11 is 0. The fourth-order valence-electron chi connectivity index (χ4n) is 4.74. The first kappa shape index (κ1) is 20.6. The number of amides is 2. The molecule has 1 fully saturated rings. The maximum Gasteiger partial charge on any atom is 0.313 e. The second kappa shape index (κ2) is 8.70. The molecule has 0 aromatic heterocycles. The number of ether oxygens (including phenoxy) is 2. The number of anilines is 2. The van der Waals surface area contributed by atoms with Crippen molar-refractivity contribution in [1.82, 2.24) is 10.2 Å². The Labute approximate surface area is 187 Å². The normalized spacial score (nSPS) is 17.8. The van der Waals surface area contributed by atoms with E-state index >= 15 is 0 Å². The van der Waals surface area contributed by atoms with E-state index in [4.69, 9.17) is 9.47 Å². The lowest BCUT2D eigenvalue weighted by atomic mass is 10.0. The van der Waals surface area contributed by atoms with Crippen molar-refractivity contribution < 1.29 is 19.1 Å². The molecule has 1 unspecified atom stereocenters. The second-order valence-corrected chi connectivity index (χ2v) is 8.55. The monoisotopic (exact) mass is 436 g/mol. The summed E-state index contributed by atoms with van der Waals surface area (Å²) < 4.78 is 10.6. The van der Waals surface area contributed by atoms with Gasteiger partial charge in [0.15, 0.2) is 11.5 Å². The van der Waals surface area contributed by atoms with Crippen LogP contribution in [-0.4, -0.2) is 56.7 Å². The van der Waals surface area contributed by atoms with Crippen LogP contribution < -0.4 is 25.0 Å². The number of rotatable bonds is 5. The van der Waals surface area contributed by atoms with Gasteiger partial charge >= 0.3 is 11.8 Å². The molecule has 0 radical (unpaired) electrons. The zero-order chi connectivity index (χ0) is 22.1. The van der Waals surface area contributed by atoms with Crippen molar-refractivity contribution in [3.8, 4) is 11.5 Å². The van der Waals surface area contributed by atoms with Crippen LogP contribution in [0, 0.1) is 0 Å². The molecule has 8 nitrogen and oxygen atoms in total. The lowest BCUT2D eigenvalue weighted by Crippen LogP contribution is -2.41. The Bertz CT molecular complexity index is 1030. The average molecular weight is 437 g/mol. The Morgan fingerprint density at radius 3 is 2.66 bits per heavy atom. The molecule has 2 aromatic rings. The van der Waals surface area contributed by atoms with Gasteiger partial charge in [0.25, 0.3) is 0 Å². The van der Waals surface area contributed by atoms with Crippen molar-refractivity contribution in [1.29, 1.82) is 0 Å². The van der Waals surface area contributed by atoms with E-state index in [1.165, 1.54) is 16.8 Å². The Morgan fingerprint density at radius 1 is 1.00 bits per heavy atom. The highest BCUT2D eigenvalue weighted by Crippen LogP contribution is 2.34. The van der Waals surface area contributed by atoms with Crippen LogP contribution in [0.3, 0.4) is 0 Å². The summed E-state index contributed by atoms with van der Waals surface area (Å²) in [7, 11) is 2.11. The van der Waals surface area contributed by atoms with E-state index in [-0.39, 0.29) is 12.8 Å². The van der Waals surface area contributed by atoms with Crippen molar-refractivity contribution >= 4 is 23.2 Å². The number of hydrogen-bond donors (Lipinski definition) is 2. The van der Waals surface area contributed by atoms with Gasteiger partial charge in [-0.2, -0.15) is 0 Å². The fraction of sp³-hybridized carbons (Fsp3) is 0.417. The molecule has 2 N–H and O–H groups in total.